The minimum Gasteiger partial charge on any atom is -0.326 e. The summed E-state index contributed by atoms with van der Waals surface area (Å²) in [6, 6.07) is 1.36. The number of nitrogens with zero attached hydrogens (tertiary/aromatic N) is 1. The number of pyridine rings is 1. The predicted octanol–water partition coefficient (Wildman–Crippen LogP) is 1.60. The Balaban J connectivity index is 3.31. The highest BCUT2D eigenvalue weighted by Gasteiger charge is 2.16. The van der Waals surface area contributed by atoms with E-state index in [9.17, 15) is 13.6 Å². The molecule has 0 saturated carbocycles. The summed E-state index contributed by atoms with van der Waals surface area (Å²) >= 11 is 0. The van der Waals surface area contributed by atoms with Crippen LogP contribution in [0.5, 0.6) is 0 Å². The fraction of sp³-hybridized carbons (Fsp3) is 0.333. The van der Waals surface area contributed by atoms with Gasteiger partial charge in [-0.1, -0.05) is 0 Å². The van der Waals surface area contributed by atoms with E-state index >= 15 is 0 Å². The fourth-order valence-corrected chi connectivity index (χ4v) is 1.16. The molecule has 3 nitrogen and oxygen atoms in total. The molecule has 1 aromatic rings. The Labute approximate surface area is 79.9 Å². The molecular weight excluding hydrogens is 190 g/mol. The fourth-order valence-electron chi connectivity index (χ4n) is 1.16. The van der Waals surface area contributed by atoms with Crippen molar-refractivity contribution in [2.45, 2.75) is 19.9 Å². The zero-order chi connectivity index (χ0) is 10.7. The van der Waals surface area contributed by atoms with Gasteiger partial charge in [0.1, 0.15) is 5.69 Å². The summed E-state index contributed by atoms with van der Waals surface area (Å²) in [5, 5.41) is 0. The average Bonchev–Trinajstić information content (AvgIpc) is 2.17. The van der Waals surface area contributed by atoms with E-state index in [4.69, 9.17) is 5.73 Å². The Bertz CT molecular complexity index is 353. The van der Waals surface area contributed by atoms with Crippen molar-refractivity contribution in [3.63, 3.8) is 0 Å². The van der Waals surface area contributed by atoms with Crippen molar-refractivity contribution in [3.8, 4) is 0 Å². The molecule has 0 saturated heterocycles. The molecule has 5 heteroatoms. The Hall–Kier alpha value is -1.36. The molecule has 2 N–H and O–H groups in total. The van der Waals surface area contributed by atoms with Gasteiger partial charge in [0.2, 0.25) is 0 Å². The summed E-state index contributed by atoms with van der Waals surface area (Å²) in [6.07, 6.45) is -2.37. The van der Waals surface area contributed by atoms with Crippen LogP contribution in [0.25, 0.3) is 0 Å². The van der Waals surface area contributed by atoms with Gasteiger partial charge in [0.15, 0.2) is 6.29 Å². The molecule has 0 radical (unpaired) electrons. The Kier molecular flexibility index (Phi) is 3.24. The minimum atomic E-state index is -2.74. The second-order valence-corrected chi connectivity index (χ2v) is 2.83. The van der Waals surface area contributed by atoms with E-state index in [1.54, 1.807) is 6.92 Å². The Morgan fingerprint density at radius 2 is 2.29 bits per heavy atom. The van der Waals surface area contributed by atoms with Crippen LogP contribution in [0.3, 0.4) is 0 Å². The minimum absolute atomic E-state index is 0.0916. The second kappa shape index (κ2) is 4.23. The number of aryl methyl sites for hydroxylation is 1. The number of alkyl halides is 2. The summed E-state index contributed by atoms with van der Waals surface area (Å²) in [4.78, 5) is 14.2. The number of carbonyl (C=O) groups is 1. The lowest BCUT2D eigenvalue weighted by Crippen LogP contribution is -2.06. The van der Waals surface area contributed by atoms with Gasteiger partial charge in [-0.2, -0.15) is 0 Å². The maximum Gasteiger partial charge on any atom is 0.281 e. The van der Waals surface area contributed by atoms with Gasteiger partial charge in [0, 0.05) is 17.8 Å². The van der Waals surface area contributed by atoms with Crippen LogP contribution in [0, 0.1) is 6.92 Å². The van der Waals surface area contributed by atoms with Crippen LogP contribution in [-0.2, 0) is 6.54 Å². The van der Waals surface area contributed by atoms with Gasteiger partial charge in [0.05, 0.1) is 0 Å². The summed E-state index contributed by atoms with van der Waals surface area (Å²) < 4.78 is 24.8. The normalized spacial score (nSPS) is 10.6. The molecule has 0 unspecified atom stereocenters. The third kappa shape index (κ3) is 1.93. The van der Waals surface area contributed by atoms with Crippen LogP contribution in [0.15, 0.2) is 6.07 Å². The quantitative estimate of drug-likeness (QED) is 0.754. The maximum absolute atomic E-state index is 12.4. The maximum atomic E-state index is 12.4. The lowest BCUT2D eigenvalue weighted by molar-refractivity contribution is 0.110. The first kappa shape index (κ1) is 10.7. The van der Waals surface area contributed by atoms with E-state index in [1.165, 1.54) is 6.07 Å². The lowest BCUT2D eigenvalue weighted by atomic mass is 10.1. The van der Waals surface area contributed by atoms with Gasteiger partial charge in [-0.3, -0.25) is 9.78 Å². The number of halogens is 2. The van der Waals surface area contributed by atoms with Crippen LogP contribution in [0.2, 0.25) is 0 Å². The van der Waals surface area contributed by atoms with Gasteiger partial charge in [0.25, 0.3) is 6.43 Å². The zero-order valence-electron chi connectivity index (χ0n) is 7.63. The summed E-state index contributed by atoms with van der Waals surface area (Å²) in [5.74, 6) is 0. The molecule has 0 fully saturated rings. The molecule has 0 aliphatic rings. The molecule has 14 heavy (non-hydrogen) atoms. The number of nitrogens with two attached hydrogens (primary N) is 1. The lowest BCUT2D eigenvalue weighted by Gasteiger charge is -2.07. The summed E-state index contributed by atoms with van der Waals surface area (Å²) in [5.41, 5.74) is 5.83. The smallest absolute Gasteiger partial charge is 0.281 e. The topological polar surface area (TPSA) is 56.0 Å². The largest absolute Gasteiger partial charge is 0.326 e. The van der Waals surface area contributed by atoms with E-state index in [2.05, 4.69) is 4.98 Å². The van der Waals surface area contributed by atoms with E-state index in [0.717, 1.165) is 0 Å². The number of aromatic nitrogens is 1. The predicted molar refractivity (Wildman–Crippen MR) is 47.2 cm³/mol. The molecule has 0 spiro atoms. The van der Waals surface area contributed by atoms with Crippen molar-refractivity contribution >= 4 is 6.29 Å². The number of rotatable bonds is 3. The molecule has 0 aliphatic carbocycles. The first-order valence-electron chi connectivity index (χ1n) is 4.04. The van der Waals surface area contributed by atoms with Crippen LogP contribution < -0.4 is 5.73 Å². The highest BCUT2D eigenvalue weighted by Crippen LogP contribution is 2.21. The van der Waals surface area contributed by atoms with Crippen LogP contribution in [0.1, 0.15) is 33.7 Å². The van der Waals surface area contributed by atoms with Crippen molar-refractivity contribution in [1.82, 2.24) is 4.98 Å². The van der Waals surface area contributed by atoms with E-state index < -0.39 is 12.1 Å². The first-order valence-corrected chi connectivity index (χ1v) is 4.04. The highest BCUT2D eigenvalue weighted by atomic mass is 19.3. The SMILES string of the molecule is Cc1nc(C(F)F)c(C=O)cc1CN. The van der Waals surface area contributed by atoms with Crippen molar-refractivity contribution < 1.29 is 13.6 Å². The monoisotopic (exact) mass is 200 g/mol. The third-order valence-corrected chi connectivity index (χ3v) is 1.93. The molecule has 0 atom stereocenters. The Morgan fingerprint density at radius 1 is 1.64 bits per heavy atom. The van der Waals surface area contributed by atoms with Crippen molar-refractivity contribution in [1.29, 1.82) is 0 Å². The molecule has 1 heterocycles. The van der Waals surface area contributed by atoms with Crippen molar-refractivity contribution in [2.75, 3.05) is 0 Å². The molecule has 1 aromatic heterocycles. The van der Waals surface area contributed by atoms with Crippen LogP contribution in [-0.4, -0.2) is 11.3 Å². The standard InChI is InChI=1S/C9H10F2N2O/c1-5-6(3-12)2-7(4-14)8(13-5)9(10)11/h2,4,9H,3,12H2,1H3. The summed E-state index contributed by atoms with van der Waals surface area (Å²) in [6.45, 7) is 1.77. The van der Waals surface area contributed by atoms with E-state index in [-0.39, 0.29) is 12.1 Å². The van der Waals surface area contributed by atoms with Crippen molar-refractivity contribution in [2.24, 2.45) is 5.73 Å². The average molecular weight is 200 g/mol. The number of hydrogen-bond acceptors (Lipinski definition) is 3. The zero-order valence-corrected chi connectivity index (χ0v) is 7.63. The van der Waals surface area contributed by atoms with Gasteiger partial charge < -0.3 is 5.73 Å². The van der Waals surface area contributed by atoms with E-state index in [0.29, 0.717) is 17.5 Å². The second-order valence-electron chi connectivity index (χ2n) is 2.83. The van der Waals surface area contributed by atoms with Gasteiger partial charge >= 0.3 is 0 Å². The van der Waals surface area contributed by atoms with Crippen molar-refractivity contribution in [3.05, 3.63) is 28.6 Å². The van der Waals surface area contributed by atoms with Gasteiger partial charge in [-0.15, -0.1) is 0 Å². The van der Waals surface area contributed by atoms with Gasteiger partial charge in [-0.25, -0.2) is 8.78 Å². The van der Waals surface area contributed by atoms with Crippen LogP contribution in [0.4, 0.5) is 8.78 Å². The molecule has 76 valence electrons. The Morgan fingerprint density at radius 3 is 2.71 bits per heavy atom. The first-order chi connectivity index (χ1) is 6.60. The number of aldehydes is 1. The highest BCUT2D eigenvalue weighted by molar-refractivity contribution is 5.77. The number of hydrogen-bond donors (Lipinski definition) is 1. The molecule has 0 amide bonds. The van der Waals surface area contributed by atoms with Crippen LogP contribution >= 0.6 is 0 Å². The third-order valence-electron chi connectivity index (χ3n) is 1.93. The van der Waals surface area contributed by atoms with E-state index in [1.807, 2.05) is 0 Å². The summed E-state index contributed by atoms with van der Waals surface area (Å²) in [7, 11) is 0. The molecule has 0 aromatic carbocycles. The molecule has 0 bridgehead atoms. The molecule has 0 aliphatic heterocycles. The molecular formula is C9H10F2N2O. The number of carbonyl (C=O) groups excluding carboxylic acids is 1. The molecule has 1 rings (SSSR count). The van der Waals surface area contributed by atoms with Gasteiger partial charge in [-0.05, 0) is 18.6 Å².